The number of aliphatic hydroxyl groups is 2. The number of β-amino-alcohol motifs (C(OH)–C–C–N with tert-alkyl or cyclic N) is 1. The van der Waals surface area contributed by atoms with E-state index >= 15 is 0 Å². The van der Waals surface area contributed by atoms with Crippen molar-refractivity contribution in [3.63, 3.8) is 0 Å². The Morgan fingerprint density at radius 2 is 1.75 bits per heavy atom. The number of rotatable bonds is 6. The molecule has 1 amide bonds. The zero-order valence-electron chi connectivity index (χ0n) is 17.9. The molecule has 1 saturated heterocycles. The summed E-state index contributed by atoms with van der Waals surface area (Å²) in [5.41, 5.74) is -0.893. The van der Waals surface area contributed by atoms with Gasteiger partial charge in [-0.2, -0.15) is 0 Å². The highest BCUT2D eigenvalue weighted by molar-refractivity contribution is 5.68. The van der Waals surface area contributed by atoms with Gasteiger partial charge in [0.2, 0.25) is 0 Å². The molecule has 6 nitrogen and oxygen atoms in total. The number of piperidine rings is 1. The number of carbonyl (C=O) groups is 1. The Balaban J connectivity index is 1.84. The van der Waals surface area contributed by atoms with Gasteiger partial charge in [0.1, 0.15) is 5.60 Å². The smallest absolute Gasteiger partial charge is 0.410 e. The summed E-state index contributed by atoms with van der Waals surface area (Å²) < 4.78 is 5.40. The first-order valence-electron chi connectivity index (χ1n) is 10.1. The maximum absolute atomic E-state index is 12.2. The molecule has 0 aliphatic carbocycles. The van der Waals surface area contributed by atoms with Crippen LogP contribution in [0.2, 0.25) is 0 Å². The average molecular weight is 393 g/mol. The van der Waals surface area contributed by atoms with Gasteiger partial charge in [-0.05, 0) is 53.0 Å². The highest BCUT2D eigenvalue weighted by atomic mass is 16.6. The molecule has 158 valence electrons. The lowest BCUT2D eigenvalue weighted by atomic mass is 9.87. The number of nitrogens with one attached hydrogen (secondary N) is 1. The minimum absolute atomic E-state index is 0.332. The van der Waals surface area contributed by atoms with Crippen molar-refractivity contribution in [3.8, 4) is 0 Å². The summed E-state index contributed by atoms with van der Waals surface area (Å²) in [7, 11) is 0. The topological polar surface area (TPSA) is 82.0 Å². The van der Waals surface area contributed by atoms with Crippen LogP contribution in [-0.2, 0) is 11.2 Å². The SMILES string of the molecule is CC(C)(C)OC(=O)N1CCC(O)(CNC(C)(C)C(O)Cc2ccccc2)CC1. The highest BCUT2D eigenvalue weighted by Crippen LogP contribution is 2.25. The zero-order valence-corrected chi connectivity index (χ0v) is 17.9. The third-order valence-electron chi connectivity index (χ3n) is 5.32. The summed E-state index contributed by atoms with van der Waals surface area (Å²) in [5, 5.41) is 24.9. The van der Waals surface area contributed by atoms with E-state index in [2.05, 4.69) is 5.32 Å². The van der Waals surface area contributed by atoms with Gasteiger partial charge in [-0.3, -0.25) is 0 Å². The maximum atomic E-state index is 12.2. The van der Waals surface area contributed by atoms with Gasteiger partial charge in [-0.1, -0.05) is 30.3 Å². The molecule has 0 spiro atoms. The number of nitrogens with zero attached hydrogens (tertiary/aromatic N) is 1. The minimum atomic E-state index is -0.901. The van der Waals surface area contributed by atoms with E-state index in [1.807, 2.05) is 65.0 Å². The molecular weight excluding hydrogens is 356 g/mol. The molecule has 3 N–H and O–H groups in total. The van der Waals surface area contributed by atoms with E-state index in [9.17, 15) is 15.0 Å². The summed E-state index contributed by atoms with van der Waals surface area (Å²) >= 11 is 0. The molecule has 2 rings (SSSR count). The molecule has 1 aromatic rings. The Hall–Kier alpha value is -1.63. The third kappa shape index (κ3) is 6.76. The minimum Gasteiger partial charge on any atom is -0.444 e. The molecule has 0 radical (unpaired) electrons. The summed E-state index contributed by atoms with van der Waals surface area (Å²) in [6.45, 7) is 10.7. The van der Waals surface area contributed by atoms with Crippen molar-refractivity contribution < 1.29 is 19.7 Å². The standard InChI is InChI=1S/C22H36N2O4/c1-20(2,3)28-19(26)24-13-11-22(27,12-14-24)16-23-21(4,5)18(25)15-17-9-7-6-8-10-17/h6-10,18,23,25,27H,11-16H2,1-5H3. The predicted molar refractivity (Wildman–Crippen MR) is 110 cm³/mol. The number of hydrogen-bond acceptors (Lipinski definition) is 5. The summed E-state index contributed by atoms with van der Waals surface area (Å²) in [6, 6.07) is 9.88. The van der Waals surface area contributed by atoms with Crippen molar-refractivity contribution in [1.82, 2.24) is 10.2 Å². The first-order chi connectivity index (χ1) is 12.9. The Bertz CT molecular complexity index is 632. The summed E-state index contributed by atoms with van der Waals surface area (Å²) in [4.78, 5) is 13.8. The Morgan fingerprint density at radius 3 is 2.29 bits per heavy atom. The predicted octanol–water partition coefficient (Wildman–Crippen LogP) is 2.72. The monoisotopic (exact) mass is 392 g/mol. The normalized spacial score (nSPS) is 18.6. The molecule has 0 bridgehead atoms. The number of amides is 1. The van der Waals surface area contributed by atoms with Crippen LogP contribution in [0, 0.1) is 0 Å². The van der Waals surface area contributed by atoms with Gasteiger partial charge in [-0.25, -0.2) is 4.79 Å². The lowest BCUT2D eigenvalue weighted by Crippen LogP contribution is -2.58. The van der Waals surface area contributed by atoms with E-state index in [0.717, 1.165) is 5.56 Å². The number of hydrogen-bond donors (Lipinski definition) is 3. The molecule has 1 heterocycles. The Labute approximate surface area is 168 Å². The second-order valence-corrected chi connectivity index (χ2v) is 9.47. The van der Waals surface area contributed by atoms with Gasteiger partial charge in [0.15, 0.2) is 0 Å². The molecule has 1 fully saturated rings. The van der Waals surface area contributed by atoms with Gasteiger partial charge in [0.25, 0.3) is 0 Å². The van der Waals surface area contributed by atoms with Crippen LogP contribution in [-0.4, -0.2) is 63.7 Å². The molecule has 0 aromatic heterocycles. The fourth-order valence-corrected chi connectivity index (χ4v) is 3.21. The molecule has 6 heteroatoms. The fraction of sp³-hybridized carbons (Fsp3) is 0.682. The number of benzene rings is 1. The molecule has 1 aliphatic heterocycles. The second-order valence-electron chi connectivity index (χ2n) is 9.47. The van der Waals surface area contributed by atoms with Gasteiger partial charge >= 0.3 is 6.09 Å². The van der Waals surface area contributed by atoms with Gasteiger partial charge in [0.05, 0.1) is 11.7 Å². The van der Waals surface area contributed by atoms with E-state index in [1.54, 1.807) is 4.90 Å². The van der Waals surface area contributed by atoms with Crippen molar-refractivity contribution in [2.75, 3.05) is 19.6 Å². The lowest BCUT2D eigenvalue weighted by Gasteiger charge is -2.41. The number of ether oxygens (including phenoxy) is 1. The molecular formula is C22H36N2O4. The van der Waals surface area contributed by atoms with Crippen LogP contribution >= 0.6 is 0 Å². The van der Waals surface area contributed by atoms with Crippen molar-refractivity contribution >= 4 is 6.09 Å². The van der Waals surface area contributed by atoms with E-state index in [0.29, 0.717) is 38.9 Å². The molecule has 1 aromatic carbocycles. The first kappa shape index (κ1) is 22.7. The molecule has 0 saturated carbocycles. The summed E-state index contributed by atoms with van der Waals surface area (Å²) in [5.74, 6) is 0. The van der Waals surface area contributed by atoms with Gasteiger partial charge in [-0.15, -0.1) is 0 Å². The first-order valence-corrected chi connectivity index (χ1v) is 10.1. The molecule has 28 heavy (non-hydrogen) atoms. The second kappa shape index (κ2) is 8.80. The molecule has 1 unspecified atom stereocenters. The van der Waals surface area contributed by atoms with E-state index in [1.165, 1.54) is 0 Å². The Kier molecular flexibility index (Phi) is 7.12. The van der Waals surface area contributed by atoms with Crippen molar-refractivity contribution in [1.29, 1.82) is 0 Å². The van der Waals surface area contributed by atoms with E-state index in [4.69, 9.17) is 4.74 Å². The fourth-order valence-electron chi connectivity index (χ4n) is 3.21. The van der Waals surface area contributed by atoms with Crippen LogP contribution in [0.3, 0.4) is 0 Å². The number of likely N-dealkylation sites (tertiary alicyclic amines) is 1. The van der Waals surface area contributed by atoms with Crippen LogP contribution < -0.4 is 5.32 Å². The van der Waals surface area contributed by atoms with Crippen LogP contribution in [0.15, 0.2) is 30.3 Å². The Morgan fingerprint density at radius 1 is 1.18 bits per heavy atom. The van der Waals surface area contributed by atoms with Crippen molar-refractivity contribution in [2.45, 2.75) is 76.7 Å². The van der Waals surface area contributed by atoms with Crippen molar-refractivity contribution in [2.24, 2.45) is 0 Å². The average Bonchev–Trinajstić information content (AvgIpc) is 2.60. The van der Waals surface area contributed by atoms with Crippen LogP contribution in [0.25, 0.3) is 0 Å². The highest BCUT2D eigenvalue weighted by Gasteiger charge is 2.37. The lowest BCUT2D eigenvalue weighted by molar-refractivity contribution is -0.0386. The zero-order chi connectivity index (χ0) is 21.0. The van der Waals surface area contributed by atoms with Gasteiger partial charge < -0.3 is 25.2 Å². The molecule has 1 atom stereocenters. The van der Waals surface area contributed by atoms with Gasteiger partial charge in [0, 0.05) is 31.6 Å². The van der Waals surface area contributed by atoms with Crippen LogP contribution in [0.1, 0.15) is 53.0 Å². The van der Waals surface area contributed by atoms with E-state index in [-0.39, 0.29) is 6.09 Å². The van der Waals surface area contributed by atoms with Crippen molar-refractivity contribution in [3.05, 3.63) is 35.9 Å². The van der Waals surface area contributed by atoms with Crippen LogP contribution in [0.5, 0.6) is 0 Å². The quantitative estimate of drug-likeness (QED) is 0.693. The number of aliphatic hydroxyl groups excluding tert-OH is 1. The largest absolute Gasteiger partial charge is 0.444 e. The number of carbonyl (C=O) groups excluding carboxylic acids is 1. The third-order valence-corrected chi connectivity index (χ3v) is 5.32. The molecule has 1 aliphatic rings. The maximum Gasteiger partial charge on any atom is 0.410 e. The summed E-state index contributed by atoms with van der Waals surface area (Å²) in [6.07, 6.45) is 0.585. The van der Waals surface area contributed by atoms with E-state index < -0.39 is 22.8 Å². The van der Waals surface area contributed by atoms with Crippen LogP contribution in [0.4, 0.5) is 4.79 Å².